The summed E-state index contributed by atoms with van der Waals surface area (Å²) < 4.78 is 4.86. The number of hydrogen-bond donors (Lipinski definition) is 0. The van der Waals surface area contributed by atoms with Crippen molar-refractivity contribution in [3.8, 4) is 17.2 Å². The van der Waals surface area contributed by atoms with Gasteiger partial charge in [0, 0.05) is 7.11 Å². The van der Waals surface area contributed by atoms with Crippen LogP contribution < -0.4 is 0 Å². The molecule has 3 rings (SSSR count). The zero-order valence-electron chi connectivity index (χ0n) is 14.7. The van der Waals surface area contributed by atoms with Crippen molar-refractivity contribution in [2.75, 3.05) is 20.3 Å². The number of ether oxygens (including phenoxy) is 1. The molecule has 1 aliphatic rings. The Morgan fingerprint density at radius 1 is 0.963 bits per heavy atom. The Labute approximate surface area is 156 Å². The fourth-order valence-corrected chi connectivity index (χ4v) is 2.87. The Morgan fingerprint density at radius 2 is 1.63 bits per heavy atom. The molecular formula is C20H17N3O4. The van der Waals surface area contributed by atoms with Gasteiger partial charge in [0.25, 0.3) is 0 Å². The standard InChI is InChI=1S/C20H17N3O4/c1-27-11-10-22-18(24)19(25)23(20(22)26)13-14-6-8-15(9-7-14)17-5-3-2-4-16(17)12-21/h2-9H,10-11,13H2,1H3. The summed E-state index contributed by atoms with van der Waals surface area (Å²) >= 11 is 0. The average molecular weight is 363 g/mol. The first-order valence-corrected chi connectivity index (χ1v) is 8.31. The molecule has 136 valence electrons. The van der Waals surface area contributed by atoms with E-state index in [4.69, 9.17) is 4.74 Å². The number of rotatable bonds is 6. The number of amides is 4. The first-order valence-electron chi connectivity index (χ1n) is 8.31. The Hall–Kier alpha value is -3.50. The molecule has 1 heterocycles. The summed E-state index contributed by atoms with van der Waals surface area (Å²) in [6.07, 6.45) is 0. The molecule has 4 amide bonds. The number of methoxy groups -OCH3 is 1. The molecule has 0 radical (unpaired) electrons. The molecule has 0 aliphatic carbocycles. The third-order valence-corrected chi connectivity index (χ3v) is 4.31. The summed E-state index contributed by atoms with van der Waals surface area (Å²) in [5, 5.41) is 9.22. The van der Waals surface area contributed by atoms with Gasteiger partial charge in [-0.15, -0.1) is 0 Å². The van der Waals surface area contributed by atoms with Gasteiger partial charge in [-0.25, -0.2) is 4.79 Å². The van der Waals surface area contributed by atoms with Crippen molar-refractivity contribution in [3.05, 3.63) is 59.7 Å². The van der Waals surface area contributed by atoms with Crippen molar-refractivity contribution in [2.24, 2.45) is 0 Å². The second-order valence-corrected chi connectivity index (χ2v) is 5.98. The largest absolute Gasteiger partial charge is 0.383 e. The van der Waals surface area contributed by atoms with Gasteiger partial charge in [0.15, 0.2) is 0 Å². The van der Waals surface area contributed by atoms with Crippen LogP contribution in [0, 0.1) is 11.3 Å². The first kappa shape index (κ1) is 18.3. The number of nitriles is 1. The van der Waals surface area contributed by atoms with Crippen LogP contribution in [0.5, 0.6) is 0 Å². The smallest absolute Gasteiger partial charge is 0.334 e. The minimum Gasteiger partial charge on any atom is -0.383 e. The number of carbonyl (C=O) groups is 3. The molecule has 27 heavy (non-hydrogen) atoms. The van der Waals surface area contributed by atoms with Crippen molar-refractivity contribution < 1.29 is 19.1 Å². The lowest BCUT2D eigenvalue weighted by Gasteiger charge is -2.15. The quantitative estimate of drug-likeness (QED) is 0.579. The summed E-state index contributed by atoms with van der Waals surface area (Å²) in [4.78, 5) is 38.2. The SMILES string of the molecule is COCCN1C(=O)C(=O)N(Cc2ccc(-c3ccccc3C#N)cc2)C1=O. The van der Waals surface area contributed by atoms with Crippen LogP contribution >= 0.6 is 0 Å². The van der Waals surface area contributed by atoms with Gasteiger partial charge >= 0.3 is 17.8 Å². The van der Waals surface area contributed by atoms with Crippen molar-refractivity contribution in [3.63, 3.8) is 0 Å². The molecule has 0 unspecified atom stereocenters. The second kappa shape index (κ2) is 7.81. The number of carbonyl (C=O) groups excluding carboxylic acids is 3. The van der Waals surface area contributed by atoms with Gasteiger partial charge in [-0.1, -0.05) is 42.5 Å². The molecule has 0 atom stereocenters. The molecule has 0 bridgehead atoms. The molecule has 1 fully saturated rings. The van der Waals surface area contributed by atoms with E-state index < -0.39 is 17.8 Å². The molecule has 0 N–H and O–H groups in total. The first-order chi connectivity index (χ1) is 13.1. The number of nitrogens with zero attached hydrogens (tertiary/aromatic N) is 3. The van der Waals surface area contributed by atoms with E-state index in [1.807, 2.05) is 24.3 Å². The maximum atomic E-state index is 12.3. The zero-order valence-corrected chi connectivity index (χ0v) is 14.7. The zero-order chi connectivity index (χ0) is 19.4. The van der Waals surface area contributed by atoms with Gasteiger partial charge in [-0.05, 0) is 22.8 Å². The highest BCUT2D eigenvalue weighted by Crippen LogP contribution is 2.24. The highest BCUT2D eigenvalue weighted by atomic mass is 16.5. The van der Waals surface area contributed by atoms with E-state index >= 15 is 0 Å². The van der Waals surface area contributed by atoms with Crippen LogP contribution in [0.2, 0.25) is 0 Å². The number of imide groups is 2. The van der Waals surface area contributed by atoms with E-state index in [1.165, 1.54) is 7.11 Å². The Balaban J connectivity index is 1.77. The van der Waals surface area contributed by atoms with E-state index in [0.29, 0.717) is 11.1 Å². The lowest BCUT2D eigenvalue weighted by molar-refractivity contribution is -0.143. The number of urea groups is 1. The van der Waals surface area contributed by atoms with Crippen LogP contribution in [-0.2, 0) is 20.9 Å². The summed E-state index contributed by atoms with van der Waals surface area (Å²) in [5.41, 5.74) is 2.93. The van der Waals surface area contributed by atoms with Gasteiger partial charge in [0.2, 0.25) is 0 Å². The summed E-state index contributed by atoms with van der Waals surface area (Å²) in [6.45, 7) is 0.221. The van der Waals surface area contributed by atoms with Gasteiger partial charge in [-0.3, -0.25) is 19.4 Å². The second-order valence-electron chi connectivity index (χ2n) is 5.98. The predicted molar refractivity (Wildman–Crippen MR) is 96.1 cm³/mol. The lowest BCUT2D eigenvalue weighted by atomic mass is 9.99. The molecule has 0 spiro atoms. The van der Waals surface area contributed by atoms with E-state index in [9.17, 15) is 19.6 Å². The highest BCUT2D eigenvalue weighted by Gasteiger charge is 2.43. The highest BCUT2D eigenvalue weighted by molar-refractivity contribution is 6.44. The molecule has 1 aliphatic heterocycles. The van der Waals surface area contributed by atoms with Crippen LogP contribution in [0.1, 0.15) is 11.1 Å². The third kappa shape index (κ3) is 3.57. The Morgan fingerprint density at radius 3 is 2.30 bits per heavy atom. The fraction of sp³-hybridized carbons (Fsp3) is 0.200. The molecule has 0 aromatic heterocycles. The molecule has 0 saturated carbocycles. The van der Waals surface area contributed by atoms with Crippen LogP contribution in [0.3, 0.4) is 0 Å². The Bertz CT molecular complexity index is 931. The topological polar surface area (TPSA) is 90.7 Å². The monoisotopic (exact) mass is 363 g/mol. The van der Waals surface area contributed by atoms with Crippen LogP contribution in [0.4, 0.5) is 4.79 Å². The summed E-state index contributed by atoms with van der Waals surface area (Å²) in [5.74, 6) is -1.67. The van der Waals surface area contributed by atoms with Crippen LogP contribution in [0.15, 0.2) is 48.5 Å². The van der Waals surface area contributed by atoms with Gasteiger partial charge < -0.3 is 4.74 Å². The third-order valence-electron chi connectivity index (χ3n) is 4.31. The van der Waals surface area contributed by atoms with E-state index in [2.05, 4.69) is 6.07 Å². The number of benzene rings is 2. The van der Waals surface area contributed by atoms with Crippen molar-refractivity contribution >= 4 is 17.8 Å². The van der Waals surface area contributed by atoms with E-state index in [1.54, 1.807) is 24.3 Å². The van der Waals surface area contributed by atoms with Crippen LogP contribution in [0.25, 0.3) is 11.1 Å². The van der Waals surface area contributed by atoms with Gasteiger partial charge in [-0.2, -0.15) is 5.26 Å². The number of hydrogen-bond acceptors (Lipinski definition) is 5. The molecular weight excluding hydrogens is 346 g/mol. The minimum atomic E-state index is -0.838. The maximum Gasteiger partial charge on any atom is 0.334 e. The molecule has 7 nitrogen and oxygen atoms in total. The van der Waals surface area contributed by atoms with Crippen molar-refractivity contribution in [1.29, 1.82) is 5.26 Å². The molecule has 2 aromatic carbocycles. The fourth-order valence-electron chi connectivity index (χ4n) is 2.87. The summed E-state index contributed by atoms with van der Waals surface area (Å²) in [7, 11) is 1.45. The molecule has 2 aromatic rings. The maximum absolute atomic E-state index is 12.3. The predicted octanol–water partition coefficient (Wildman–Crippen LogP) is 2.16. The summed E-state index contributed by atoms with van der Waals surface area (Å²) in [6, 6.07) is 15.9. The van der Waals surface area contributed by atoms with Crippen molar-refractivity contribution in [2.45, 2.75) is 6.54 Å². The Kier molecular flexibility index (Phi) is 5.29. The molecule has 7 heteroatoms. The minimum absolute atomic E-state index is 0.00701. The lowest BCUT2D eigenvalue weighted by Crippen LogP contribution is -2.35. The van der Waals surface area contributed by atoms with Crippen molar-refractivity contribution in [1.82, 2.24) is 9.80 Å². The van der Waals surface area contributed by atoms with Crippen LogP contribution in [-0.4, -0.2) is 47.9 Å². The molecule has 1 saturated heterocycles. The van der Waals surface area contributed by atoms with E-state index in [0.717, 1.165) is 20.9 Å². The average Bonchev–Trinajstić information content (AvgIpc) is 2.90. The van der Waals surface area contributed by atoms with Gasteiger partial charge in [0.05, 0.1) is 31.3 Å². The van der Waals surface area contributed by atoms with Gasteiger partial charge in [0.1, 0.15) is 0 Å². The normalized spacial score (nSPS) is 14.0. The van der Waals surface area contributed by atoms with E-state index in [-0.39, 0.29) is 19.7 Å².